The van der Waals surface area contributed by atoms with E-state index >= 15 is 0 Å². The van der Waals surface area contributed by atoms with Crippen LogP contribution in [0.5, 0.6) is 0 Å². The summed E-state index contributed by atoms with van der Waals surface area (Å²) >= 11 is 0. The molecule has 1 fully saturated rings. The Bertz CT molecular complexity index is 471. The molecule has 1 saturated carbocycles. The van der Waals surface area contributed by atoms with Crippen LogP contribution in [0.4, 0.5) is 4.39 Å². The van der Waals surface area contributed by atoms with Crippen molar-refractivity contribution >= 4 is 5.97 Å². The number of carbonyl (C=O) groups is 1. The van der Waals surface area contributed by atoms with Crippen LogP contribution in [0.1, 0.15) is 51.0 Å². The highest BCUT2D eigenvalue weighted by atomic mass is 19.1. The van der Waals surface area contributed by atoms with E-state index in [2.05, 4.69) is 5.32 Å². The molecule has 110 valence electrons. The molecule has 1 aliphatic rings. The van der Waals surface area contributed by atoms with Crippen molar-refractivity contribution in [2.45, 2.75) is 57.0 Å². The van der Waals surface area contributed by atoms with Crippen LogP contribution in [0.15, 0.2) is 24.3 Å². The monoisotopic (exact) mass is 279 g/mol. The van der Waals surface area contributed by atoms with Gasteiger partial charge in [0.05, 0.1) is 0 Å². The molecule has 1 aromatic carbocycles. The lowest BCUT2D eigenvalue weighted by Gasteiger charge is -2.36. The highest BCUT2D eigenvalue weighted by Gasteiger charge is 2.40. The zero-order chi connectivity index (χ0) is 14.6. The van der Waals surface area contributed by atoms with Crippen molar-refractivity contribution in [1.29, 1.82) is 0 Å². The lowest BCUT2D eigenvalue weighted by molar-refractivity contribution is -0.146. The van der Waals surface area contributed by atoms with E-state index < -0.39 is 17.3 Å². The zero-order valence-electron chi connectivity index (χ0n) is 11.9. The Morgan fingerprint density at radius 3 is 2.65 bits per heavy atom. The van der Waals surface area contributed by atoms with Crippen molar-refractivity contribution in [3.05, 3.63) is 35.6 Å². The molecule has 1 unspecified atom stereocenters. The molecule has 20 heavy (non-hydrogen) atoms. The average molecular weight is 279 g/mol. The van der Waals surface area contributed by atoms with Gasteiger partial charge >= 0.3 is 5.97 Å². The van der Waals surface area contributed by atoms with Gasteiger partial charge in [-0.05, 0) is 37.0 Å². The fourth-order valence-corrected chi connectivity index (χ4v) is 3.08. The summed E-state index contributed by atoms with van der Waals surface area (Å²) in [6.07, 6.45) is 5.84. The molecule has 2 N–H and O–H groups in total. The van der Waals surface area contributed by atoms with Crippen LogP contribution in [0.2, 0.25) is 0 Å². The molecule has 1 aliphatic carbocycles. The second-order valence-electron chi connectivity index (χ2n) is 5.55. The molecule has 0 radical (unpaired) electrons. The maximum atomic E-state index is 13.5. The molecule has 4 heteroatoms. The summed E-state index contributed by atoms with van der Waals surface area (Å²) in [5.41, 5.74) is -0.692. The number of aliphatic carboxylic acids is 1. The number of rotatable bonds is 5. The largest absolute Gasteiger partial charge is 0.480 e. The topological polar surface area (TPSA) is 49.3 Å². The predicted molar refractivity (Wildman–Crippen MR) is 76.0 cm³/mol. The molecular weight excluding hydrogens is 257 g/mol. The van der Waals surface area contributed by atoms with Crippen LogP contribution in [-0.2, 0) is 10.3 Å². The minimum absolute atomic E-state index is 0.197. The van der Waals surface area contributed by atoms with E-state index in [1.54, 1.807) is 12.1 Å². The van der Waals surface area contributed by atoms with E-state index in [4.69, 9.17) is 0 Å². The summed E-state index contributed by atoms with van der Waals surface area (Å²) in [5, 5.41) is 13.0. The van der Waals surface area contributed by atoms with Crippen LogP contribution < -0.4 is 5.32 Å². The van der Waals surface area contributed by atoms with Crippen molar-refractivity contribution in [3.63, 3.8) is 0 Å². The highest BCUT2D eigenvalue weighted by Crippen LogP contribution is 2.30. The average Bonchev–Trinajstić information content (AvgIpc) is 2.45. The van der Waals surface area contributed by atoms with Gasteiger partial charge in [0.1, 0.15) is 11.4 Å². The first-order chi connectivity index (χ1) is 9.58. The van der Waals surface area contributed by atoms with Gasteiger partial charge in [-0.25, -0.2) is 9.18 Å². The molecule has 0 heterocycles. The van der Waals surface area contributed by atoms with Crippen molar-refractivity contribution in [2.75, 3.05) is 0 Å². The van der Waals surface area contributed by atoms with Gasteiger partial charge < -0.3 is 5.11 Å². The smallest absolute Gasteiger partial charge is 0.328 e. The Morgan fingerprint density at radius 2 is 2.10 bits per heavy atom. The van der Waals surface area contributed by atoms with E-state index in [0.717, 1.165) is 25.7 Å². The fraction of sp³-hybridized carbons (Fsp3) is 0.562. The Morgan fingerprint density at radius 1 is 1.40 bits per heavy atom. The summed E-state index contributed by atoms with van der Waals surface area (Å²) < 4.78 is 13.5. The van der Waals surface area contributed by atoms with Crippen molar-refractivity contribution < 1.29 is 14.3 Å². The Balaban J connectivity index is 2.31. The van der Waals surface area contributed by atoms with Gasteiger partial charge in [-0.1, -0.05) is 38.3 Å². The van der Waals surface area contributed by atoms with Gasteiger partial charge in [-0.15, -0.1) is 0 Å². The Hall–Kier alpha value is -1.42. The molecule has 0 amide bonds. The second-order valence-corrected chi connectivity index (χ2v) is 5.55. The van der Waals surface area contributed by atoms with Crippen molar-refractivity contribution in [1.82, 2.24) is 5.32 Å². The number of halogens is 1. The minimum atomic E-state index is -1.19. The standard InChI is InChI=1S/C16H22FNO2/c1-2-16(15(19)20,12-7-6-8-13(17)11-12)18-14-9-4-3-5-10-14/h6-8,11,14,18H,2-5,9-10H2,1H3,(H,19,20). The molecule has 0 spiro atoms. The number of hydrogen-bond donors (Lipinski definition) is 2. The summed E-state index contributed by atoms with van der Waals surface area (Å²) in [4.78, 5) is 11.9. The molecule has 3 nitrogen and oxygen atoms in total. The first kappa shape index (κ1) is 15.0. The normalized spacial score (nSPS) is 19.5. The molecule has 1 aromatic rings. The van der Waals surface area contributed by atoms with Crippen LogP contribution in [0, 0.1) is 5.82 Å². The van der Waals surface area contributed by atoms with E-state index in [0.29, 0.717) is 12.0 Å². The third-order valence-electron chi connectivity index (χ3n) is 4.27. The Labute approximate surface area is 119 Å². The van der Waals surface area contributed by atoms with Gasteiger partial charge in [0.15, 0.2) is 0 Å². The summed E-state index contributed by atoms with van der Waals surface area (Å²) in [6, 6.07) is 6.12. The van der Waals surface area contributed by atoms with Gasteiger partial charge in [0.25, 0.3) is 0 Å². The van der Waals surface area contributed by atoms with Crippen LogP contribution in [0.3, 0.4) is 0 Å². The van der Waals surface area contributed by atoms with Gasteiger partial charge in [0.2, 0.25) is 0 Å². The minimum Gasteiger partial charge on any atom is -0.480 e. The zero-order valence-corrected chi connectivity index (χ0v) is 11.9. The molecule has 0 aliphatic heterocycles. The highest BCUT2D eigenvalue weighted by molar-refractivity contribution is 5.80. The maximum absolute atomic E-state index is 13.5. The second kappa shape index (κ2) is 6.35. The lowest BCUT2D eigenvalue weighted by atomic mass is 9.84. The van der Waals surface area contributed by atoms with Crippen LogP contribution >= 0.6 is 0 Å². The predicted octanol–water partition coefficient (Wildman–Crippen LogP) is 3.44. The number of benzene rings is 1. The third kappa shape index (κ3) is 3.01. The van der Waals surface area contributed by atoms with Gasteiger partial charge in [-0.2, -0.15) is 0 Å². The summed E-state index contributed by atoms with van der Waals surface area (Å²) in [6.45, 7) is 1.83. The maximum Gasteiger partial charge on any atom is 0.328 e. The molecule has 0 aromatic heterocycles. The van der Waals surface area contributed by atoms with E-state index in [1.807, 2.05) is 6.92 Å². The number of nitrogens with one attached hydrogen (secondary N) is 1. The number of carboxylic acid groups (broad SMARTS) is 1. The molecule has 0 bridgehead atoms. The third-order valence-corrected chi connectivity index (χ3v) is 4.27. The van der Waals surface area contributed by atoms with Crippen molar-refractivity contribution in [3.8, 4) is 0 Å². The van der Waals surface area contributed by atoms with E-state index in [1.165, 1.54) is 18.6 Å². The first-order valence-electron chi connectivity index (χ1n) is 7.35. The number of hydrogen-bond acceptors (Lipinski definition) is 2. The Kier molecular flexibility index (Phi) is 4.76. The van der Waals surface area contributed by atoms with Gasteiger partial charge in [0, 0.05) is 6.04 Å². The van der Waals surface area contributed by atoms with E-state index in [-0.39, 0.29) is 6.04 Å². The summed E-state index contributed by atoms with van der Waals surface area (Å²) in [7, 11) is 0. The summed E-state index contributed by atoms with van der Waals surface area (Å²) in [5.74, 6) is -1.33. The first-order valence-corrected chi connectivity index (χ1v) is 7.35. The van der Waals surface area contributed by atoms with Gasteiger partial charge in [-0.3, -0.25) is 5.32 Å². The molecule has 1 atom stereocenters. The molecule has 0 saturated heterocycles. The van der Waals surface area contributed by atoms with E-state index in [9.17, 15) is 14.3 Å². The fourth-order valence-electron chi connectivity index (χ4n) is 3.08. The lowest BCUT2D eigenvalue weighted by Crippen LogP contribution is -2.53. The molecule has 2 rings (SSSR count). The van der Waals surface area contributed by atoms with Crippen LogP contribution in [-0.4, -0.2) is 17.1 Å². The number of carboxylic acids is 1. The SMILES string of the molecule is CCC(NC1CCCCC1)(C(=O)O)c1cccc(F)c1. The molecular formula is C16H22FNO2. The van der Waals surface area contributed by atoms with Crippen LogP contribution in [0.25, 0.3) is 0 Å². The quantitative estimate of drug-likeness (QED) is 0.868. The van der Waals surface area contributed by atoms with Crippen molar-refractivity contribution in [2.24, 2.45) is 0 Å².